The van der Waals surface area contributed by atoms with Gasteiger partial charge >= 0.3 is 12.0 Å². The Hall–Kier alpha value is -7.26. The number of aromatic nitrogens is 2. The molecule has 382 valence electrons. The highest BCUT2D eigenvalue weighted by Crippen LogP contribution is 2.38. The first-order valence-electron chi connectivity index (χ1n) is 25.1. The predicted octanol–water partition coefficient (Wildman–Crippen LogP) is 7.26. The van der Waals surface area contributed by atoms with Crippen LogP contribution in [0.5, 0.6) is 6.01 Å². The highest BCUT2D eigenvalue weighted by molar-refractivity contribution is 6.36. The van der Waals surface area contributed by atoms with Crippen LogP contribution in [0.4, 0.5) is 22.0 Å². The monoisotopic (exact) mass is 1040 g/mol. The minimum Gasteiger partial charge on any atom is -0.462 e. The third-order valence-corrected chi connectivity index (χ3v) is 15.7. The van der Waals surface area contributed by atoms with Crippen molar-refractivity contribution in [3.05, 3.63) is 129 Å². The van der Waals surface area contributed by atoms with Crippen LogP contribution in [0.3, 0.4) is 0 Å². The molecule has 3 fully saturated rings. The number of nitrogens with one attached hydrogen (secondary N) is 2. The molecule has 6 heterocycles. The number of nitrogens with zero attached hydrogens (tertiary/aromatic N) is 9. The van der Waals surface area contributed by atoms with Crippen LogP contribution in [0.25, 0.3) is 10.8 Å². The van der Waals surface area contributed by atoms with Gasteiger partial charge in [-0.1, -0.05) is 72.2 Å². The van der Waals surface area contributed by atoms with E-state index in [2.05, 4.69) is 63.2 Å². The number of rotatable bonds is 13. The Balaban J connectivity index is 0.883. The van der Waals surface area contributed by atoms with Gasteiger partial charge in [0.15, 0.2) is 0 Å². The molecule has 74 heavy (non-hydrogen) atoms. The van der Waals surface area contributed by atoms with Crippen LogP contribution >= 0.6 is 23.2 Å². The smallest absolute Gasteiger partial charge is 0.322 e. The second-order valence-corrected chi connectivity index (χ2v) is 20.6. The lowest BCUT2D eigenvalue weighted by molar-refractivity contribution is -0.137. The Morgan fingerprint density at radius 1 is 0.932 bits per heavy atom. The molecule has 5 aliphatic heterocycles. The van der Waals surface area contributed by atoms with Crippen molar-refractivity contribution in [3.63, 3.8) is 0 Å². The fraction of sp³-hybridized carbons (Fsp3) is 0.382. The molecule has 3 saturated heterocycles. The van der Waals surface area contributed by atoms with Crippen LogP contribution in [0, 0.1) is 18.3 Å². The number of hydrogen-bond acceptors (Lipinski definition) is 12. The molecular weight excluding hydrogens is 982 g/mol. The van der Waals surface area contributed by atoms with Crippen molar-refractivity contribution in [2.24, 2.45) is 0 Å². The molecule has 6 amide bonds. The summed E-state index contributed by atoms with van der Waals surface area (Å²) in [5, 5.41) is 18.7. The van der Waals surface area contributed by atoms with Gasteiger partial charge in [-0.15, -0.1) is 0 Å². The van der Waals surface area contributed by atoms with Crippen molar-refractivity contribution in [1.82, 2.24) is 34.9 Å². The molecular formula is C55H57Cl2N11O6. The first-order chi connectivity index (χ1) is 35.7. The second kappa shape index (κ2) is 21.3. The summed E-state index contributed by atoms with van der Waals surface area (Å²) in [5.74, 6) is -0.849. The van der Waals surface area contributed by atoms with Gasteiger partial charge in [-0.05, 0) is 98.6 Å². The standard InChI is InChI=1S/C55H57Cl2N11O6/c1-33-12-14-38(26-44(33)57)59-55(73)66(28-35-13-15-41-37(25-35)29-68(53(41)72)47-16-17-48(69)61-51(47)70)27-34(2)52(71)67-24-23-65(30-39(67)18-20-58)50-42-19-22-64(46-11-5-8-36-7-4-10-43(56)49(36)46)31-45(42)60-54(62-50)74-32-40-9-6-21-63(40)3/h4-5,7-8,10-15,25-26,39-40,47H,2,6,9,16-19,21-24,27-32H2,1,3H3,(H,59,73)(H,61,69,70)/t39-,40-,47?/m0/s1. The van der Waals surface area contributed by atoms with Crippen molar-refractivity contribution >= 4 is 80.8 Å². The average molecular weight is 1040 g/mol. The topological polar surface area (TPSA) is 188 Å². The Morgan fingerprint density at radius 3 is 2.53 bits per heavy atom. The fourth-order valence-corrected chi connectivity index (χ4v) is 11.4. The van der Waals surface area contributed by atoms with E-state index in [0.717, 1.165) is 58.5 Å². The van der Waals surface area contributed by atoms with Gasteiger partial charge < -0.3 is 39.5 Å². The van der Waals surface area contributed by atoms with Crippen molar-refractivity contribution in [1.29, 1.82) is 5.26 Å². The number of anilines is 3. The molecule has 3 atom stereocenters. The van der Waals surface area contributed by atoms with E-state index >= 15 is 0 Å². The number of hydrogen-bond donors (Lipinski definition) is 2. The summed E-state index contributed by atoms with van der Waals surface area (Å²) in [6, 6.07) is 23.5. The maximum Gasteiger partial charge on any atom is 0.322 e. The minimum absolute atomic E-state index is 0.0260. The van der Waals surface area contributed by atoms with E-state index in [9.17, 15) is 29.2 Å². The molecule has 10 rings (SSSR count). The quantitative estimate of drug-likeness (QED) is 0.0889. The molecule has 19 heteroatoms. The van der Waals surface area contributed by atoms with Crippen LogP contribution in [0.15, 0.2) is 84.9 Å². The van der Waals surface area contributed by atoms with Gasteiger partial charge in [-0.2, -0.15) is 15.2 Å². The fourth-order valence-electron chi connectivity index (χ4n) is 10.9. The maximum absolute atomic E-state index is 14.7. The number of piperazine rings is 1. The maximum atomic E-state index is 14.7. The number of piperidine rings is 1. The van der Waals surface area contributed by atoms with E-state index in [1.54, 1.807) is 35.2 Å². The van der Waals surface area contributed by atoms with Crippen molar-refractivity contribution in [2.75, 3.05) is 68.0 Å². The lowest BCUT2D eigenvalue weighted by atomic mass is 10.0. The van der Waals surface area contributed by atoms with Crippen LogP contribution in [-0.4, -0.2) is 130 Å². The molecule has 0 radical (unpaired) electrons. The minimum atomic E-state index is -0.778. The summed E-state index contributed by atoms with van der Waals surface area (Å²) in [4.78, 5) is 88.5. The zero-order chi connectivity index (χ0) is 51.8. The zero-order valence-corrected chi connectivity index (χ0v) is 42.9. The molecule has 0 aliphatic carbocycles. The Kier molecular flexibility index (Phi) is 14.5. The summed E-state index contributed by atoms with van der Waals surface area (Å²) in [5.41, 5.74) is 6.06. The number of benzene rings is 4. The SMILES string of the molecule is C=C(CN(Cc1ccc2c(c1)CN(C1CCC(=O)NC1=O)C2=O)C(=O)Nc1ccc(C)c(Cl)c1)C(=O)N1CCN(c2nc(OC[C@@H]3CCCN3C)nc3c2CCN(c2cccc4cccc(Cl)c24)C3)C[C@@H]1CC#N. The number of fused-ring (bicyclic) bond motifs is 3. The third kappa shape index (κ3) is 10.3. The molecule has 17 nitrogen and oxygen atoms in total. The molecule has 2 N–H and O–H groups in total. The van der Waals surface area contributed by atoms with E-state index in [1.807, 2.05) is 31.2 Å². The molecule has 1 unspecified atom stereocenters. The Bertz CT molecular complexity index is 3140. The van der Waals surface area contributed by atoms with E-state index in [-0.39, 0.29) is 80.8 Å². The van der Waals surface area contributed by atoms with Crippen molar-refractivity contribution in [3.8, 4) is 12.1 Å². The Morgan fingerprint density at radius 2 is 1.76 bits per heavy atom. The summed E-state index contributed by atoms with van der Waals surface area (Å²) in [6.07, 6.45) is 3.16. The van der Waals surface area contributed by atoms with Gasteiger partial charge in [-0.25, -0.2) is 4.79 Å². The number of likely N-dealkylation sites (tertiary alicyclic amines) is 1. The van der Waals surface area contributed by atoms with E-state index < -0.39 is 24.0 Å². The molecule has 0 bridgehead atoms. The van der Waals surface area contributed by atoms with Gasteiger partial charge in [0.1, 0.15) is 18.5 Å². The predicted molar refractivity (Wildman–Crippen MR) is 282 cm³/mol. The van der Waals surface area contributed by atoms with E-state index in [0.29, 0.717) is 71.6 Å². The summed E-state index contributed by atoms with van der Waals surface area (Å²) < 4.78 is 6.42. The summed E-state index contributed by atoms with van der Waals surface area (Å²) >= 11 is 13.3. The van der Waals surface area contributed by atoms with Crippen LogP contribution in [0.2, 0.25) is 10.0 Å². The molecule has 0 spiro atoms. The number of urea groups is 1. The average Bonchev–Trinajstić information content (AvgIpc) is 3.96. The number of carbonyl (C=O) groups excluding carboxylic acids is 5. The molecule has 4 aromatic carbocycles. The van der Waals surface area contributed by atoms with Gasteiger partial charge in [0.25, 0.3) is 11.8 Å². The normalized spacial score (nSPS) is 19.8. The number of carbonyl (C=O) groups is 5. The number of ether oxygens (including phenoxy) is 1. The van der Waals surface area contributed by atoms with Gasteiger partial charge in [0.05, 0.1) is 42.3 Å². The highest BCUT2D eigenvalue weighted by atomic mass is 35.5. The Labute approximate surface area is 439 Å². The van der Waals surface area contributed by atoms with Crippen LogP contribution in [0.1, 0.15) is 70.4 Å². The van der Waals surface area contributed by atoms with E-state index in [1.165, 1.54) is 9.80 Å². The number of imide groups is 1. The first kappa shape index (κ1) is 50.3. The number of amides is 6. The van der Waals surface area contributed by atoms with Gasteiger partial charge in [-0.3, -0.25) is 24.5 Å². The van der Waals surface area contributed by atoms with Crippen LogP contribution in [-0.2, 0) is 40.4 Å². The molecule has 0 saturated carbocycles. The van der Waals surface area contributed by atoms with Gasteiger partial charge in [0, 0.05) is 90.2 Å². The molecule has 5 aliphatic rings. The highest BCUT2D eigenvalue weighted by Gasteiger charge is 2.40. The number of nitriles is 1. The van der Waals surface area contributed by atoms with Crippen molar-refractivity contribution in [2.45, 2.75) is 83.2 Å². The number of likely N-dealkylation sites (N-methyl/N-ethyl adjacent to an activating group) is 1. The van der Waals surface area contributed by atoms with Crippen molar-refractivity contribution < 1.29 is 28.7 Å². The lowest BCUT2D eigenvalue weighted by Crippen LogP contribution is -2.56. The van der Waals surface area contributed by atoms with E-state index in [4.69, 9.17) is 37.9 Å². The molecule has 5 aromatic rings. The largest absolute Gasteiger partial charge is 0.462 e. The first-order valence-corrected chi connectivity index (χ1v) is 25.8. The summed E-state index contributed by atoms with van der Waals surface area (Å²) in [6.45, 7) is 9.70. The number of halogens is 2. The third-order valence-electron chi connectivity index (χ3n) is 15.0. The zero-order valence-electron chi connectivity index (χ0n) is 41.4. The second-order valence-electron chi connectivity index (χ2n) is 19.8. The number of aryl methyl sites for hydroxylation is 1. The van der Waals surface area contributed by atoms with Crippen LogP contribution < -0.4 is 25.2 Å². The molecule has 1 aromatic heterocycles. The van der Waals surface area contributed by atoms with Gasteiger partial charge in [0.2, 0.25) is 11.8 Å². The lowest BCUT2D eigenvalue weighted by Gasteiger charge is -2.43. The summed E-state index contributed by atoms with van der Waals surface area (Å²) in [7, 11) is 2.10.